The Morgan fingerprint density at radius 3 is 2.59 bits per heavy atom. The minimum absolute atomic E-state index is 0.309. The number of rotatable bonds is 3. The van der Waals surface area contributed by atoms with E-state index in [-0.39, 0.29) is 11.7 Å². The molecule has 0 bridgehead atoms. The van der Waals surface area contributed by atoms with Crippen LogP contribution in [0.5, 0.6) is 0 Å². The van der Waals surface area contributed by atoms with Gasteiger partial charge in [-0.05, 0) is 30.3 Å². The first-order valence-corrected chi connectivity index (χ1v) is 8.46. The number of nitrogens with one attached hydrogen (secondary N) is 1. The van der Waals surface area contributed by atoms with Crippen LogP contribution < -0.4 is 5.32 Å². The molecule has 1 amide bonds. The number of thiophene rings is 1. The van der Waals surface area contributed by atoms with Crippen LogP contribution >= 0.6 is 45.9 Å². The largest absolute Gasteiger partial charge is 0.298 e. The molecule has 3 aromatic rings. The summed E-state index contributed by atoms with van der Waals surface area (Å²) in [6.45, 7) is 0. The molecule has 2 aromatic heterocycles. The fraction of sp³-hybridized carbons (Fsp3) is 0. The summed E-state index contributed by atoms with van der Waals surface area (Å²) in [5, 5.41) is 4.89. The smallest absolute Gasteiger partial charge is 0.259 e. The second-order valence-electron chi connectivity index (χ2n) is 4.24. The van der Waals surface area contributed by atoms with Crippen molar-refractivity contribution in [2.24, 2.45) is 0 Å². The van der Waals surface area contributed by atoms with Crippen LogP contribution in [0.1, 0.15) is 10.4 Å². The van der Waals surface area contributed by atoms with Crippen LogP contribution in [-0.2, 0) is 0 Å². The summed E-state index contributed by atoms with van der Waals surface area (Å²) < 4.78 is 13.7. The first kappa shape index (κ1) is 15.4. The third kappa shape index (κ3) is 3.30. The molecule has 2 heterocycles. The minimum Gasteiger partial charge on any atom is -0.298 e. The van der Waals surface area contributed by atoms with Gasteiger partial charge in [0.25, 0.3) is 5.91 Å². The number of carbonyl (C=O) groups excluding carboxylic acids is 1. The van der Waals surface area contributed by atoms with Crippen LogP contribution in [0.15, 0.2) is 35.7 Å². The Balaban J connectivity index is 1.78. The zero-order valence-electron chi connectivity index (χ0n) is 10.8. The molecule has 0 saturated carbocycles. The highest BCUT2D eigenvalue weighted by atomic mass is 35.5. The lowest BCUT2D eigenvalue weighted by Crippen LogP contribution is -2.11. The molecule has 112 valence electrons. The Bertz CT molecular complexity index is 830. The van der Waals surface area contributed by atoms with Gasteiger partial charge >= 0.3 is 0 Å². The van der Waals surface area contributed by atoms with E-state index < -0.39 is 0 Å². The summed E-state index contributed by atoms with van der Waals surface area (Å²) in [6, 6.07) is 7.50. The van der Waals surface area contributed by atoms with Crippen molar-refractivity contribution in [1.82, 2.24) is 4.98 Å². The van der Waals surface area contributed by atoms with E-state index in [2.05, 4.69) is 10.3 Å². The molecule has 0 fully saturated rings. The maximum absolute atomic E-state index is 12.9. The monoisotopic (exact) mass is 372 g/mol. The molecule has 22 heavy (non-hydrogen) atoms. The zero-order valence-corrected chi connectivity index (χ0v) is 13.9. The van der Waals surface area contributed by atoms with Crippen molar-refractivity contribution in [1.29, 1.82) is 0 Å². The Hall–Kier alpha value is -1.47. The number of nitrogens with zero attached hydrogens (tertiary/aromatic N) is 1. The normalized spacial score (nSPS) is 10.7. The molecular weight excluding hydrogens is 366 g/mol. The van der Waals surface area contributed by atoms with Crippen LogP contribution in [0.4, 0.5) is 9.52 Å². The van der Waals surface area contributed by atoms with Crippen molar-refractivity contribution in [2.45, 2.75) is 0 Å². The topological polar surface area (TPSA) is 42.0 Å². The van der Waals surface area contributed by atoms with Gasteiger partial charge in [-0.25, -0.2) is 9.37 Å². The van der Waals surface area contributed by atoms with Crippen LogP contribution in [0.2, 0.25) is 8.67 Å². The van der Waals surface area contributed by atoms with Gasteiger partial charge in [0.15, 0.2) is 5.13 Å². The van der Waals surface area contributed by atoms with Crippen LogP contribution in [0.3, 0.4) is 0 Å². The van der Waals surface area contributed by atoms with Gasteiger partial charge in [-0.15, -0.1) is 22.7 Å². The summed E-state index contributed by atoms with van der Waals surface area (Å²) in [5.74, 6) is -0.676. The van der Waals surface area contributed by atoms with Crippen molar-refractivity contribution in [3.05, 3.63) is 55.8 Å². The first-order valence-electron chi connectivity index (χ1n) is 6.00. The number of carbonyl (C=O) groups is 1. The fourth-order valence-electron chi connectivity index (χ4n) is 1.74. The highest BCUT2D eigenvalue weighted by Gasteiger charge is 2.16. The predicted octanol–water partition coefficient (Wildman–Crippen LogP) is 5.57. The van der Waals surface area contributed by atoms with E-state index in [4.69, 9.17) is 23.2 Å². The minimum atomic E-state index is -0.367. The van der Waals surface area contributed by atoms with Gasteiger partial charge in [-0.1, -0.05) is 23.2 Å². The average Bonchev–Trinajstić information content (AvgIpc) is 3.06. The van der Waals surface area contributed by atoms with Gasteiger partial charge in [-0.2, -0.15) is 0 Å². The van der Waals surface area contributed by atoms with Crippen LogP contribution in [0.25, 0.3) is 11.3 Å². The molecule has 3 rings (SSSR count). The van der Waals surface area contributed by atoms with Crippen LogP contribution in [-0.4, -0.2) is 10.9 Å². The molecule has 0 saturated heterocycles. The molecule has 1 aromatic carbocycles. The summed E-state index contributed by atoms with van der Waals surface area (Å²) in [5.41, 5.74) is 1.75. The van der Waals surface area contributed by atoms with E-state index in [9.17, 15) is 9.18 Å². The molecule has 0 unspecified atom stereocenters. The van der Waals surface area contributed by atoms with Crippen molar-refractivity contribution >= 4 is 56.9 Å². The molecule has 1 N–H and O–H groups in total. The summed E-state index contributed by atoms with van der Waals surface area (Å²) >= 11 is 14.2. The maximum atomic E-state index is 12.9. The third-order valence-corrected chi connectivity index (χ3v) is 5.01. The highest BCUT2D eigenvalue weighted by molar-refractivity contribution is 7.20. The first-order chi connectivity index (χ1) is 10.5. The van der Waals surface area contributed by atoms with Crippen LogP contribution in [0, 0.1) is 5.82 Å². The van der Waals surface area contributed by atoms with Crippen molar-refractivity contribution in [3.8, 4) is 11.3 Å². The van der Waals surface area contributed by atoms with E-state index in [0.29, 0.717) is 25.1 Å². The lowest BCUT2D eigenvalue weighted by atomic mass is 10.2. The average molecular weight is 373 g/mol. The maximum Gasteiger partial charge on any atom is 0.259 e. The predicted molar refractivity (Wildman–Crippen MR) is 89.8 cm³/mol. The summed E-state index contributed by atoms with van der Waals surface area (Å²) in [7, 11) is 0. The molecule has 0 aliphatic carbocycles. The molecule has 0 spiro atoms. The summed E-state index contributed by atoms with van der Waals surface area (Å²) in [4.78, 5) is 16.4. The van der Waals surface area contributed by atoms with Crippen molar-refractivity contribution < 1.29 is 9.18 Å². The Morgan fingerprint density at radius 2 is 1.95 bits per heavy atom. The molecule has 0 atom stereocenters. The Labute approximate surface area is 143 Å². The molecule has 8 heteroatoms. The fourth-order valence-corrected chi connectivity index (χ4v) is 3.92. The standard InChI is InChI=1S/C14H7Cl2FN2OS2/c15-11-5-9(12(16)22-11)13(20)19-14-18-10(6-21-14)7-1-3-8(17)4-2-7/h1-6H,(H,18,19,20). The van der Waals surface area contributed by atoms with E-state index >= 15 is 0 Å². The molecular formula is C14H7Cl2FN2OS2. The lowest BCUT2D eigenvalue weighted by Gasteiger charge is -1.99. The number of benzene rings is 1. The molecule has 0 radical (unpaired) electrons. The molecule has 0 aliphatic rings. The van der Waals surface area contributed by atoms with Gasteiger partial charge in [0.1, 0.15) is 10.2 Å². The Morgan fingerprint density at radius 1 is 1.23 bits per heavy atom. The number of anilines is 1. The van der Waals surface area contributed by atoms with E-state index in [1.165, 1.54) is 29.5 Å². The number of halogens is 3. The molecule has 3 nitrogen and oxygen atoms in total. The van der Waals surface area contributed by atoms with Gasteiger partial charge in [0.2, 0.25) is 0 Å². The van der Waals surface area contributed by atoms with E-state index in [1.54, 1.807) is 17.5 Å². The number of amides is 1. The van der Waals surface area contributed by atoms with Crippen molar-refractivity contribution in [3.63, 3.8) is 0 Å². The Kier molecular flexibility index (Phi) is 4.44. The van der Waals surface area contributed by atoms with E-state index in [1.807, 2.05) is 0 Å². The van der Waals surface area contributed by atoms with Gasteiger partial charge in [-0.3, -0.25) is 10.1 Å². The number of hydrogen-bond acceptors (Lipinski definition) is 4. The lowest BCUT2D eigenvalue weighted by molar-refractivity contribution is 0.102. The second kappa shape index (κ2) is 6.34. The second-order valence-corrected chi connectivity index (χ2v) is 7.38. The van der Waals surface area contributed by atoms with Gasteiger partial charge in [0.05, 0.1) is 15.6 Å². The zero-order chi connectivity index (χ0) is 15.7. The summed E-state index contributed by atoms with van der Waals surface area (Å²) in [6.07, 6.45) is 0. The van der Waals surface area contributed by atoms with Gasteiger partial charge in [0, 0.05) is 10.9 Å². The SMILES string of the molecule is O=C(Nc1nc(-c2ccc(F)cc2)cs1)c1cc(Cl)sc1Cl. The van der Waals surface area contributed by atoms with E-state index in [0.717, 1.165) is 16.9 Å². The number of thiazole rings is 1. The highest BCUT2D eigenvalue weighted by Crippen LogP contribution is 2.32. The third-order valence-electron chi connectivity index (χ3n) is 2.77. The molecule has 0 aliphatic heterocycles. The number of hydrogen-bond donors (Lipinski definition) is 1. The quantitative estimate of drug-likeness (QED) is 0.652. The van der Waals surface area contributed by atoms with Gasteiger partial charge < -0.3 is 0 Å². The van der Waals surface area contributed by atoms with Crippen molar-refractivity contribution in [2.75, 3.05) is 5.32 Å². The number of aromatic nitrogens is 1.